The van der Waals surface area contributed by atoms with Gasteiger partial charge in [-0.05, 0) is 36.5 Å². The van der Waals surface area contributed by atoms with Crippen molar-refractivity contribution in [2.24, 2.45) is 0 Å². The van der Waals surface area contributed by atoms with Crippen molar-refractivity contribution in [1.82, 2.24) is 0 Å². The Hall–Kier alpha value is -0.243. The number of fused-ring (bicyclic) bond motifs is 1. The average Bonchev–Trinajstić information content (AvgIpc) is 3.23. The van der Waals surface area contributed by atoms with Gasteiger partial charge in [-0.1, -0.05) is 34.1 Å². The summed E-state index contributed by atoms with van der Waals surface area (Å²) in [5, 5.41) is 21.3. The first-order valence-electron chi connectivity index (χ1n) is 9.14. The number of epoxide rings is 1. The number of aliphatic hydroxyl groups excluding tert-OH is 2. The van der Waals surface area contributed by atoms with Crippen LogP contribution in [0.5, 0.6) is 0 Å². The summed E-state index contributed by atoms with van der Waals surface area (Å²) in [6.07, 6.45) is 0.202. The van der Waals surface area contributed by atoms with E-state index in [4.69, 9.17) is 13.9 Å². The van der Waals surface area contributed by atoms with E-state index in [9.17, 15) is 10.2 Å². The van der Waals surface area contributed by atoms with Crippen molar-refractivity contribution in [3.63, 3.8) is 0 Å². The zero-order chi connectivity index (χ0) is 17.9. The number of rotatable bonds is 4. The number of hydrogen-bond acceptors (Lipinski definition) is 5. The lowest BCUT2D eigenvalue weighted by Gasteiger charge is -2.44. The van der Waals surface area contributed by atoms with Crippen LogP contribution in [0.2, 0.25) is 18.1 Å². The van der Waals surface area contributed by atoms with Crippen LogP contribution in [-0.2, 0) is 13.9 Å². The summed E-state index contributed by atoms with van der Waals surface area (Å²) in [6, 6.07) is 0. The molecule has 138 valence electrons. The maximum atomic E-state index is 10.6. The third-order valence-corrected chi connectivity index (χ3v) is 10.5. The Kier molecular flexibility index (Phi) is 4.77. The van der Waals surface area contributed by atoms with E-state index in [-0.39, 0.29) is 29.5 Å². The molecule has 3 rings (SSSR count). The lowest BCUT2D eigenvalue weighted by atomic mass is 9.82. The molecule has 1 unspecified atom stereocenters. The summed E-state index contributed by atoms with van der Waals surface area (Å²) in [6.45, 7) is 13.1. The van der Waals surface area contributed by atoms with E-state index in [1.807, 2.05) is 0 Å². The van der Waals surface area contributed by atoms with Crippen LogP contribution in [0.4, 0.5) is 0 Å². The lowest BCUT2D eigenvalue weighted by Crippen LogP contribution is -2.51. The normalized spacial score (nSPS) is 39.5. The molecular formula is C18H32O5Si. The van der Waals surface area contributed by atoms with E-state index in [0.717, 1.165) is 24.0 Å². The average molecular weight is 357 g/mol. The van der Waals surface area contributed by atoms with Crippen molar-refractivity contribution < 1.29 is 24.1 Å². The smallest absolute Gasteiger partial charge is 0.193 e. The number of hydrogen-bond donors (Lipinski definition) is 2. The highest BCUT2D eigenvalue weighted by Crippen LogP contribution is 2.49. The van der Waals surface area contributed by atoms with Gasteiger partial charge in [0.25, 0.3) is 0 Å². The van der Waals surface area contributed by atoms with Gasteiger partial charge < -0.3 is 24.1 Å². The molecule has 0 aromatic heterocycles. The van der Waals surface area contributed by atoms with E-state index < -0.39 is 20.7 Å². The van der Waals surface area contributed by atoms with Crippen LogP contribution in [0.3, 0.4) is 0 Å². The molecule has 3 aliphatic rings. The second-order valence-corrected chi connectivity index (χ2v) is 13.6. The molecule has 6 heteroatoms. The molecule has 2 N–H and O–H groups in total. The Balaban J connectivity index is 1.90. The number of aliphatic hydroxyl groups is 2. The first-order valence-corrected chi connectivity index (χ1v) is 12.1. The highest BCUT2D eigenvalue weighted by Gasteiger charge is 2.60. The van der Waals surface area contributed by atoms with Gasteiger partial charge in [-0.15, -0.1) is 0 Å². The Labute approximate surface area is 146 Å². The van der Waals surface area contributed by atoms with Crippen LogP contribution in [0.15, 0.2) is 11.1 Å². The zero-order valence-corrected chi connectivity index (χ0v) is 16.7. The molecule has 5 nitrogen and oxygen atoms in total. The Bertz CT molecular complexity index is 524. The fourth-order valence-corrected chi connectivity index (χ4v) is 4.82. The predicted octanol–water partition coefficient (Wildman–Crippen LogP) is 2.72. The summed E-state index contributed by atoms with van der Waals surface area (Å²) in [4.78, 5) is 0. The van der Waals surface area contributed by atoms with Crippen LogP contribution < -0.4 is 0 Å². The predicted molar refractivity (Wildman–Crippen MR) is 94.2 cm³/mol. The van der Waals surface area contributed by atoms with Crippen LogP contribution in [0, 0.1) is 0 Å². The van der Waals surface area contributed by atoms with Crippen LogP contribution >= 0.6 is 0 Å². The summed E-state index contributed by atoms with van der Waals surface area (Å²) in [5.74, 6) is 0. The standard InChI is InChI=1S/C18H32O5Si/c1-7-8-10-9-11-12(17(20)21-10)14(16-15(22-16)13(11)19)23-24(5,6)18(2,3)4/h10,13-17,19-20H,7-9H2,1-6H3/t10-,13+,14+,15+,16-,17?/m0/s1. The Morgan fingerprint density at radius 2 is 1.83 bits per heavy atom. The largest absolute Gasteiger partial charge is 0.407 e. The van der Waals surface area contributed by atoms with E-state index in [1.165, 1.54) is 0 Å². The fourth-order valence-electron chi connectivity index (χ4n) is 3.57. The highest BCUT2D eigenvalue weighted by molar-refractivity contribution is 6.74. The molecule has 2 heterocycles. The van der Waals surface area contributed by atoms with Gasteiger partial charge in [0, 0.05) is 5.57 Å². The van der Waals surface area contributed by atoms with Crippen LogP contribution in [0.1, 0.15) is 47.0 Å². The van der Waals surface area contributed by atoms with Crippen molar-refractivity contribution in [3.05, 3.63) is 11.1 Å². The van der Waals surface area contributed by atoms with Crippen molar-refractivity contribution in [2.45, 2.75) is 102 Å². The van der Waals surface area contributed by atoms with Gasteiger partial charge in [0.1, 0.15) is 24.4 Å². The minimum Gasteiger partial charge on any atom is -0.407 e. The molecule has 24 heavy (non-hydrogen) atoms. The first-order chi connectivity index (χ1) is 11.1. The van der Waals surface area contributed by atoms with Crippen molar-refractivity contribution in [3.8, 4) is 0 Å². The molecule has 0 saturated carbocycles. The maximum absolute atomic E-state index is 10.6. The molecule has 0 amide bonds. The summed E-state index contributed by atoms with van der Waals surface area (Å²) in [5.41, 5.74) is 1.60. The van der Waals surface area contributed by atoms with Gasteiger partial charge in [-0.2, -0.15) is 0 Å². The number of ether oxygens (including phenoxy) is 2. The molecule has 1 fully saturated rings. The summed E-state index contributed by atoms with van der Waals surface area (Å²) < 4.78 is 18.1. The van der Waals surface area contributed by atoms with Gasteiger partial charge in [0.2, 0.25) is 0 Å². The molecule has 6 atom stereocenters. The highest BCUT2D eigenvalue weighted by atomic mass is 28.4. The topological polar surface area (TPSA) is 71.5 Å². The van der Waals surface area contributed by atoms with Crippen LogP contribution in [0.25, 0.3) is 0 Å². The maximum Gasteiger partial charge on any atom is 0.193 e. The lowest BCUT2D eigenvalue weighted by molar-refractivity contribution is -0.135. The molecule has 1 saturated heterocycles. The van der Waals surface area contributed by atoms with Gasteiger partial charge in [-0.25, -0.2) is 0 Å². The molecular weight excluding hydrogens is 324 g/mol. The Morgan fingerprint density at radius 1 is 1.17 bits per heavy atom. The molecule has 2 aliphatic heterocycles. The van der Waals surface area contributed by atoms with Crippen molar-refractivity contribution in [1.29, 1.82) is 0 Å². The molecule has 1 aliphatic carbocycles. The summed E-state index contributed by atoms with van der Waals surface area (Å²) in [7, 11) is -2.03. The SMILES string of the molecule is CCC[C@H]1CC2=C(C(O)O1)[C@@H](O[Si](C)(C)C(C)(C)C)[C@@H]1O[C@@H]1[C@@H]2O. The summed E-state index contributed by atoms with van der Waals surface area (Å²) >= 11 is 0. The molecule has 0 spiro atoms. The first kappa shape index (κ1) is 18.5. The minimum absolute atomic E-state index is 0.0396. The van der Waals surface area contributed by atoms with Crippen molar-refractivity contribution in [2.75, 3.05) is 0 Å². The molecule has 0 bridgehead atoms. The molecule has 0 aromatic rings. The van der Waals surface area contributed by atoms with Gasteiger partial charge >= 0.3 is 0 Å². The quantitative estimate of drug-likeness (QED) is 0.460. The second kappa shape index (κ2) is 6.18. The van der Waals surface area contributed by atoms with E-state index >= 15 is 0 Å². The van der Waals surface area contributed by atoms with Crippen LogP contribution in [-0.4, -0.2) is 55.3 Å². The molecule has 0 aromatic carbocycles. The van der Waals surface area contributed by atoms with E-state index in [1.54, 1.807) is 0 Å². The second-order valence-electron chi connectivity index (χ2n) is 8.89. The minimum atomic E-state index is -2.03. The van der Waals surface area contributed by atoms with Gasteiger partial charge in [0.15, 0.2) is 14.6 Å². The molecule has 0 radical (unpaired) electrons. The van der Waals surface area contributed by atoms with Gasteiger partial charge in [-0.3, -0.25) is 0 Å². The third kappa shape index (κ3) is 3.13. The van der Waals surface area contributed by atoms with E-state index in [0.29, 0.717) is 6.42 Å². The van der Waals surface area contributed by atoms with Gasteiger partial charge in [0.05, 0.1) is 6.10 Å². The van der Waals surface area contributed by atoms with E-state index in [2.05, 4.69) is 40.8 Å². The zero-order valence-electron chi connectivity index (χ0n) is 15.7. The van der Waals surface area contributed by atoms with Crippen molar-refractivity contribution >= 4 is 8.32 Å². The Morgan fingerprint density at radius 3 is 2.42 bits per heavy atom. The third-order valence-electron chi connectivity index (χ3n) is 6.08. The monoisotopic (exact) mass is 356 g/mol. The fraction of sp³-hybridized carbons (Fsp3) is 0.889.